The lowest BCUT2D eigenvalue weighted by Crippen LogP contribution is -2.30. The molecule has 1 aliphatic carbocycles. The minimum absolute atomic E-state index is 0.0546. The second-order valence-corrected chi connectivity index (χ2v) is 6.46. The third kappa shape index (κ3) is 5.24. The van der Waals surface area contributed by atoms with Crippen LogP contribution in [0.25, 0.3) is 0 Å². The molecule has 0 aliphatic heterocycles. The minimum Gasteiger partial charge on any atom is -0.383 e. The number of carbonyl (C=O) groups is 1. The Morgan fingerprint density at radius 3 is 2.83 bits per heavy atom. The van der Waals surface area contributed by atoms with Crippen molar-refractivity contribution in [3.63, 3.8) is 0 Å². The van der Waals surface area contributed by atoms with E-state index in [2.05, 4.69) is 30.6 Å². The second-order valence-electron chi connectivity index (χ2n) is 6.46. The van der Waals surface area contributed by atoms with Crippen molar-refractivity contribution in [3.05, 3.63) is 23.8 Å². The van der Waals surface area contributed by atoms with Gasteiger partial charge in [0.2, 0.25) is 5.91 Å². The van der Waals surface area contributed by atoms with E-state index in [9.17, 15) is 4.79 Å². The van der Waals surface area contributed by atoms with E-state index in [-0.39, 0.29) is 18.6 Å². The van der Waals surface area contributed by atoms with Gasteiger partial charge in [0.1, 0.15) is 6.61 Å². The predicted octanol–water partition coefficient (Wildman–Crippen LogP) is 3.91. The Morgan fingerprint density at radius 2 is 2.12 bits per heavy atom. The van der Waals surface area contributed by atoms with Crippen LogP contribution in [0.2, 0.25) is 0 Å². The van der Waals surface area contributed by atoms with Gasteiger partial charge >= 0.3 is 0 Å². The molecule has 2 rings (SSSR count). The third-order valence-electron chi connectivity index (χ3n) is 4.45. The van der Waals surface area contributed by atoms with Gasteiger partial charge in [-0.25, -0.2) is 0 Å². The first-order chi connectivity index (χ1) is 11.6. The number of nitrogens with one attached hydrogen (secondary N) is 2. The number of benzene rings is 1. The van der Waals surface area contributed by atoms with E-state index in [1.54, 1.807) is 12.1 Å². The van der Waals surface area contributed by atoms with E-state index in [4.69, 9.17) is 10.00 Å². The largest absolute Gasteiger partial charge is 0.383 e. The molecule has 1 fully saturated rings. The molecule has 0 bridgehead atoms. The summed E-state index contributed by atoms with van der Waals surface area (Å²) in [5, 5.41) is 15.2. The van der Waals surface area contributed by atoms with E-state index in [0.29, 0.717) is 17.2 Å². The van der Waals surface area contributed by atoms with Gasteiger partial charge in [0.15, 0.2) is 0 Å². The van der Waals surface area contributed by atoms with Crippen molar-refractivity contribution in [1.29, 1.82) is 5.26 Å². The Labute approximate surface area is 144 Å². The fourth-order valence-corrected chi connectivity index (χ4v) is 3.03. The van der Waals surface area contributed by atoms with Crippen molar-refractivity contribution in [1.82, 2.24) is 0 Å². The van der Waals surface area contributed by atoms with Gasteiger partial charge < -0.3 is 15.4 Å². The average molecular weight is 329 g/mol. The molecule has 130 valence electrons. The van der Waals surface area contributed by atoms with Crippen LogP contribution in [0.3, 0.4) is 0 Å². The average Bonchev–Trinajstić information content (AvgIpc) is 2.60. The highest BCUT2D eigenvalue weighted by atomic mass is 16.5. The molecule has 1 amide bonds. The highest BCUT2D eigenvalue weighted by Gasteiger charge is 2.22. The van der Waals surface area contributed by atoms with Crippen LogP contribution < -0.4 is 10.6 Å². The molecule has 5 heteroatoms. The van der Waals surface area contributed by atoms with Gasteiger partial charge in [-0.15, -0.1) is 0 Å². The molecule has 1 aliphatic rings. The topological polar surface area (TPSA) is 74.2 Å². The molecular weight excluding hydrogens is 302 g/mol. The van der Waals surface area contributed by atoms with E-state index in [0.717, 1.165) is 25.1 Å². The zero-order valence-corrected chi connectivity index (χ0v) is 14.6. The summed E-state index contributed by atoms with van der Waals surface area (Å²) in [6, 6.07) is 7.37. The summed E-state index contributed by atoms with van der Waals surface area (Å²) in [6.07, 6.45) is 5.78. The van der Waals surface area contributed by atoms with Crippen molar-refractivity contribution < 1.29 is 9.53 Å². The Hall–Kier alpha value is -2.06. The quantitative estimate of drug-likeness (QED) is 0.795. The zero-order chi connectivity index (χ0) is 17.4. The van der Waals surface area contributed by atoms with Crippen LogP contribution in [0.15, 0.2) is 18.2 Å². The molecule has 0 radical (unpaired) electrons. The van der Waals surface area contributed by atoms with Crippen LogP contribution in [0.4, 0.5) is 11.4 Å². The first kappa shape index (κ1) is 18.3. The normalized spacial score (nSPS) is 20.2. The Kier molecular flexibility index (Phi) is 7.07. The van der Waals surface area contributed by atoms with Crippen molar-refractivity contribution >= 4 is 17.3 Å². The van der Waals surface area contributed by atoms with E-state index >= 15 is 0 Å². The third-order valence-corrected chi connectivity index (χ3v) is 4.45. The summed E-state index contributed by atoms with van der Waals surface area (Å²) in [4.78, 5) is 12.2. The lowest BCUT2D eigenvalue weighted by molar-refractivity contribution is -0.124. The molecule has 1 saturated carbocycles. The first-order valence-corrected chi connectivity index (χ1v) is 8.83. The number of nitrogens with zero attached hydrogens (tertiary/aromatic N) is 1. The summed E-state index contributed by atoms with van der Waals surface area (Å²) in [5.41, 5.74) is 1.98. The van der Waals surface area contributed by atoms with Crippen LogP contribution in [0.1, 0.15) is 51.5 Å². The fourth-order valence-electron chi connectivity index (χ4n) is 3.03. The highest BCUT2D eigenvalue weighted by molar-refractivity contribution is 5.95. The molecule has 0 unspecified atom stereocenters. The standard InChI is InChI=1S/C19H27N3O2/c1-3-10-21-16-9-8-15(12-20)11-17(16)22-19(23)13-24-18-7-5-4-6-14(18)2/h8-9,11,14,18,21H,3-7,10,13H2,1-2H3,(H,22,23)/t14-,18-/m0/s1. The number of hydrogen-bond donors (Lipinski definition) is 2. The van der Waals surface area contributed by atoms with E-state index < -0.39 is 0 Å². The number of carbonyl (C=O) groups excluding carboxylic acids is 1. The lowest BCUT2D eigenvalue weighted by Gasteiger charge is -2.28. The number of nitriles is 1. The molecule has 1 aromatic rings. The van der Waals surface area contributed by atoms with Gasteiger partial charge in [0, 0.05) is 6.54 Å². The smallest absolute Gasteiger partial charge is 0.250 e. The monoisotopic (exact) mass is 329 g/mol. The number of anilines is 2. The molecule has 1 aromatic carbocycles. The van der Waals surface area contributed by atoms with Gasteiger partial charge in [-0.05, 0) is 43.4 Å². The minimum atomic E-state index is -0.178. The zero-order valence-electron chi connectivity index (χ0n) is 14.6. The summed E-state index contributed by atoms with van der Waals surface area (Å²) in [5.74, 6) is 0.331. The molecule has 0 spiro atoms. The molecule has 2 N–H and O–H groups in total. The summed E-state index contributed by atoms with van der Waals surface area (Å²) >= 11 is 0. The molecule has 2 atom stereocenters. The Morgan fingerprint density at radius 1 is 1.33 bits per heavy atom. The van der Waals surface area contributed by atoms with Gasteiger partial charge in [-0.2, -0.15) is 5.26 Å². The van der Waals surface area contributed by atoms with Crippen LogP contribution in [-0.2, 0) is 9.53 Å². The molecule has 0 saturated heterocycles. The number of ether oxygens (including phenoxy) is 1. The lowest BCUT2D eigenvalue weighted by atomic mass is 9.88. The first-order valence-electron chi connectivity index (χ1n) is 8.83. The number of amides is 1. The van der Waals surface area contributed by atoms with Crippen molar-refractivity contribution in [2.45, 2.75) is 52.1 Å². The fraction of sp³-hybridized carbons (Fsp3) is 0.579. The van der Waals surface area contributed by atoms with E-state index in [1.165, 1.54) is 19.3 Å². The number of hydrogen-bond acceptors (Lipinski definition) is 4. The molecule has 5 nitrogen and oxygen atoms in total. The second kappa shape index (κ2) is 9.29. The maximum Gasteiger partial charge on any atom is 0.250 e. The summed E-state index contributed by atoms with van der Waals surface area (Å²) in [7, 11) is 0. The Bertz CT molecular complexity index is 595. The van der Waals surface area contributed by atoms with Crippen molar-refractivity contribution in [2.75, 3.05) is 23.8 Å². The number of rotatable bonds is 7. The summed E-state index contributed by atoms with van der Waals surface area (Å²) < 4.78 is 5.81. The van der Waals surface area contributed by atoms with Crippen molar-refractivity contribution in [3.8, 4) is 6.07 Å². The van der Waals surface area contributed by atoms with Crippen LogP contribution >= 0.6 is 0 Å². The summed E-state index contributed by atoms with van der Waals surface area (Å²) in [6.45, 7) is 5.13. The molecule has 0 heterocycles. The molecular formula is C19H27N3O2. The Balaban J connectivity index is 1.95. The highest BCUT2D eigenvalue weighted by Crippen LogP contribution is 2.27. The van der Waals surface area contributed by atoms with Gasteiger partial charge in [0.25, 0.3) is 0 Å². The molecule has 0 aromatic heterocycles. The molecule has 24 heavy (non-hydrogen) atoms. The maximum atomic E-state index is 12.2. The SMILES string of the molecule is CCCNc1ccc(C#N)cc1NC(=O)CO[C@H]1CCCC[C@@H]1C. The van der Waals surface area contributed by atoms with Gasteiger partial charge in [0.05, 0.1) is 29.1 Å². The van der Waals surface area contributed by atoms with E-state index in [1.807, 2.05) is 6.07 Å². The van der Waals surface area contributed by atoms with Gasteiger partial charge in [-0.3, -0.25) is 4.79 Å². The van der Waals surface area contributed by atoms with Crippen molar-refractivity contribution in [2.24, 2.45) is 5.92 Å². The maximum absolute atomic E-state index is 12.2. The van der Waals surface area contributed by atoms with Crippen LogP contribution in [0, 0.1) is 17.2 Å². The van der Waals surface area contributed by atoms with Crippen LogP contribution in [0.5, 0.6) is 0 Å². The predicted molar refractivity (Wildman–Crippen MR) is 95.9 cm³/mol. The van der Waals surface area contributed by atoms with Crippen LogP contribution in [-0.4, -0.2) is 25.2 Å². The van der Waals surface area contributed by atoms with Gasteiger partial charge in [-0.1, -0.05) is 26.7 Å².